The Hall–Kier alpha value is -2.41. The van der Waals surface area contributed by atoms with Crippen molar-refractivity contribution in [3.8, 4) is 0 Å². The van der Waals surface area contributed by atoms with Gasteiger partial charge in [0.25, 0.3) is 5.56 Å². The Bertz CT molecular complexity index is 839. The first kappa shape index (κ1) is 18.0. The topological polar surface area (TPSA) is 61.5 Å². The van der Waals surface area contributed by atoms with Crippen molar-refractivity contribution >= 4 is 11.8 Å². The fraction of sp³-hybridized carbons (Fsp3) is 0.500. The maximum atomic E-state index is 13.2. The van der Waals surface area contributed by atoms with Gasteiger partial charge in [0.05, 0.1) is 12.7 Å². The molecule has 6 nitrogen and oxygen atoms in total. The molecule has 1 aromatic heterocycles. The lowest BCUT2D eigenvalue weighted by Crippen LogP contribution is -2.42. The van der Waals surface area contributed by atoms with Gasteiger partial charge in [-0.05, 0) is 43.9 Å². The molecule has 7 heteroatoms. The van der Waals surface area contributed by atoms with Crippen molar-refractivity contribution < 1.29 is 9.13 Å². The second-order valence-electron chi connectivity index (χ2n) is 7.37. The predicted molar refractivity (Wildman–Crippen MR) is 103 cm³/mol. The molecule has 0 bridgehead atoms. The minimum absolute atomic E-state index is 0.126. The molecule has 2 saturated heterocycles. The lowest BCUT2D eigenvalue weighted by Gasteiger charge is -2.33. The Morgan fingerprint density at radius 2 is 2.11 bits per heavy atom. The first-order valence-electron chi connectivity index (χ1n) is 9.57. The number of rotatable bonds is 4. The van der Waals surface area contributed by atoms with Crippen molar-refractivity contribution in [2.45, 2.75) is 38.3 Å². The van der Waals surface area contributed by atoms with Crippen molar-refractivity contribution in [3.05, 3.63) is 52.1 Å². The van der Waals surface area contributed by atoms with Gasteiger partial charge in [0, 0.05) is 31.7 Å². The zero-order valence-electron chi connectivity index (χ0n) is 15.5. The SMILES string of the molecule is C[C@@H]1CN(c2cc(=O)[nH]c(N3CCC[C@H]3Cc3ccc(F)cc3)n2)CCO1. The highest BCUT2D eigenvalue weighted by Gasteiger charge is 2.28. The molecule has 0 saturated carbocycles. The van der Waals surface area contributed by atoms with Gasteiger partial charge in [0.2, 0.25) is 5.95 Å². The Morgan fingerprint density at radius 3 is 2.89 bits per heavy atom. The van der Waals surface area contributed by atoms with Crippen molar-refractivity contribution in [1.82, 2.24) is 9.97 Å². The third-order valence-electron chi connectivity index (χ3n) is 5.31. The van der Waals surface area contributed by atoms with Gasteiger partial charge in [-0.3, -0.25) is 9.78 Å². The second-order valence-corrected chi connectivity index (χ2v) is 7.37. The van der Waals surface area contributed by atoms with E-state index in [1.54, 1.807) is 6.07 Å². The summed E-state index contributed by atoms with van der Waals surface area (Å²) >= 11 is 0. The molecule has 2 fully saturated rings. The number of halogens is 1. The molecule has 144 valence electrons. The number of ether oxygens (including phenoxy) is 1. The summed E-state index contributed by atoms with van der Waals surface area (Å²) in [6, 6.07) is 8.45. The third kappa shape index (κ3) is 4.13. The van der Waals surface area contributed by atoms with E-state index in [1.165, 1.54) is 12.1 Å². The number of anilines is 2. The van der Waals surface area contributed by atoms with E-state index in [0.29, 0.717) is 18.4 Å². The van der Waals surface area contributed by atoms with Gasteiger partial charge in [-0.1, -0.05) is 12.1 Å². The highest BCUT2D eigenvalue weighted by molar-refractivity contribution is 5.45. The number of nitrogens with one attached hydrogen (secondary N) is 1. The van der Waals surface area contributed by atoms with Gasteiger partial charge in [-0.2, -0.15) is 4.98 Å². The van der Waals surface area contributed by atoms with E-state index in [9.17, 15) is 9.18 Å². The Labute approximate surface area is 158 Å². The molecular weight excluding hydrogens is 347 g/mol. The van der Waals surface area contributed by atoms with Crippen LogP contribution >= 0.6 is 0 Å². The Balaban J connectivity index is 1.56. The van der Waals surface area contributed by atoms with E-state index >= 15 is 0 Å². The number of H-pyrrole nitrogens is 1. The van der Waals surface area contributed by atoms with Crippen LogP contribution in [0.5, 0.6) is 0 Å². The molecule has 2 atom stereocenters. The van der Waals surface area contributed by atoms with Crippen LogP contribution in [0.1, 0.15) is 25.3 Å². The minimum atomic E-state index is -0.222. The molecule has 1 aromatic carbocycles. The molecule has 0 amide bonds. The van der Waals surface area contributed by atoms with Crippen LogP contribution in [0.15, 0.2) is 35.1 Å². The molecule has 27 heavy (non-hydrogen) atoms. The third-order valence-corrected chi connectivity index (χ3v) is 5.31. The van der Waals surface area contributed by atoms with Gasteiger partial charge in [-0.25, -0.2) is 4.39 Å². The standard InChI is InChI=1S/C20H25FN4O2/c1-14-13-24(9-10-27-14)18-12-19(26)23-20(22-18)25-8-2-3-17(25)11-15-4-6-16(21)7-5-15/h4-7,12,14,17H,2-3,8-11,13H2,1H3,(H,22,23,26)/t14-,17+/m1/s1. The average molecular weight is 372 g/mol. The molecule has 4 rings (SSSR count). The van der Waals surface area contributed by atoms with E-state index in [0.717, 1.165) is 44.5 Å². The molecule has 3 heterocycles. The first-order chi connectivity index (χ1) is 13.1. The van der Waals surface area contributed by atoms with Gasteiger partial charge < -0.3 is 14.5 Å². The fourth-order valence-corrected chi connectivity index (χ4v) is 3.98. The summed E-state index contributed by atoms with van der Waals surface area (Å²) in [7, 11) is 0. The van der Waals surface area contributed by atoms with Crippen LogP contribution in [-0.4, -0.2) is 48.4 Å². The van der Waals surface area contributed by atoms with Crippen LogP contribution in [0.2, 0.25) is 0 Å². The summed E-state index contributed by atoms with van der Waals surface area (Å²) in [6.45, 7) is 4.99. The molecular formula is C20H25FN4O2. The first-order valence-corrected chi connectivity index (χ1v) is 9.57. The number of morpholine rings is 1. The van der Waals surface area contributed by atoms with E-state index in [1.807, 2.05) is 19.1 Å². The van der Waals surface area contributed by atoms with Crippen LogP contribution < -0.4 is 15.4 Å². The van der Waals surface area contributed by atoms with Crippen molar-refractivity contribution in [1.29, 1.82) is 0 Å². The van der Waals surface area contributed by atoms with E-state index < -0.39 is 0 Å². The second kappa shape index (κ2) is 7.68. The number of hydrogen-bond acceptors (Lipinski definition) is 5. The maximum absolute atomic E-state index is 13.2. The highest BCUT2D eigenvalue weighted by Crippen LogP contribution is 2.26. The van der Waals surface area contributed by atoms with Gasteiger partial charge in [0.1, 0.15) is 11.6 Å². The normalized spacial score (nSPS) is 23.0. The van der Waals surface area contributed by atoms with Crippen molar-refractivity contribution in [3.63, 3.8) is 0 Å². The Kier molecular flexibility index (Phi) is 5.11. The van der Waals surface area contributed by atoms with Crippen LogP contribution in [0, 0.1) is 5.82 Å². The molecule has 2 aromatic rings. The number of aromatic amines is 1. The van der Waals surface area contributed by atoms with Gasteiger partial charge in [0.15, 0.2) is 0 Å². The molecule has 2 aliphatic rings. The largest absolute Gasteiger partial charge is 0.375 e. The number of hydrogen-bond donors (Lipinski definition) is 1. The van der Waals surface area contributed by atoms with E-state index in [4.69, 9.17) is 9.72 Å². The summed E-state index contributed by atoms with van der Waals surface area (Å²) in [5, 5.41) is 0. The summed E-state index contributed by atoms with van der Waals surface area (Å²) in [6.07, 6.45) is 3.01. The molecule has 0 unspecified atom stereocenters. The zero-order valence-corrected chi connectivity index (χ0v) is 15.5. The summed E-state index contributed by atoms with van der Waals surface area (Å²) in [5.74, 6) is 1.11. The molecule has 0 spiro atoms. The zero-order chi connectivity index (χ0) is 18.8. The van der Waals surface area contributed by atoms with Crippen molar-refractivity contribution in [2.75, 3.05) is 36.0 Å². The quantitative estimate of drug-likeness (QED) is 0.893. The molecule has 1 N–H and O–H groups in total. The van der Waals surface area contributed by atoms with E-state index in [-0.39, 0.29) is 23.5 Å². The molecule has 2 aliphatic heterocycles. The average Bonchev–Trinajstić information content (AvgIpc) is 3.11. The van der Waals surface area contributed by atoms with Gasteiger partial charge in [-0.15, -0.1) is 0 Å². The summed E-state index contributed by atoms with van der Waals surface area (Å²) in [5.41, 5.74) is 0.954. The van der Waals surface area contributed by atoms with Crippen LogP contribution in [-0.2, 0) is 11.2 Å². The smallest absolute Gasteiger partial charge is 0.254 e. The summed E-state index contributed by atoms with van der Waals surface area (Å²) in [4.78, 5) is 24.2. The van der Waals surface area contributed by atoms with Crippen LogP contribution in [0.3, 0.4) is 0 Å². The summed E-state index contributed by atoms with van der Waals surface area (Å²) < 4.78 is 18.8. The lowest BCUT2D eigenvalue weighted by molar-refractivity contribution is 0.0529. The number of benzene rings is 1. The predicted octanol–water partition coefficient (Wildman–Crippen LogP) is 2.35. The van der Waals surface area contributed by atoms with Crippen LogP contribution in [0.4, 0.5) is 16.2 Å². The minimum Gasteiger partial charge on any atom is -0.375 e. The number of aromatic nitrogens is 2. The monoisotopic (exact) mass is 372 g/mol. The highest BCUT2D eigenvalue weighted by atomic mass is 19.1. The molecule has 0 aliphatic carbocycles. The number of nitrogens with zero attached hydrogens (tertiary/aromatic N) is 3. The fourth-order valence-electron chi connectivity index (χ4n) is 3.98. The van der Waals surface area contributed by atoms with Crippen molar-refractivity contribution in [2.24, 2.45) is 0 Å². The van der Waals surface area contributed by atoms with Crippen LogP contribution in [0.25, 0.3) is 0 Å². The van der Waals surface area contributed by atoms with Gasteiger partial charge >= 0.3 is 0 Å². The Morgan fingerprint density at radius 1 is 1.30 bits per heavy atom. The molecule has 0 radical (unpaired) electrons. The van der Waals surface area contributed by atoms with E-state index in [2.05, 4.69) is 14.8 Å². The lowest BCUT2D eigenvalue weighted by atomic mass is 10.0. The maximum Gasteiger partial charge on any atom is 0.254 e.